The predicted octanol–water partition coefficient (Wildman–Crippen LogP) is 3.57. The first-order valence-electron chi connectivity index (χ1n) is 10.5. The van der Waals surface area contributed by atoms with Crippen LogP contribution in [-0.4, -0.2) is 52.5 Å². The summed E-state index contributed by atoms with van der Waals surface area (Å²) >= 11 is 0. The Bertz CT molecular complexity index is 998. The van der Waals surface area contributed by atoms with Crippen LogP contribution in [0.3, 0.4) is 0 Å². The summed E-state index contributed by atoms with van der Waals surface area (Å²) in [5.74, 6) is 2.95. The van der Waals surface area contributed by atoms with Crippen molar-refractivity contribution in [3.05, 3.63) is 36.0 Å². The molecular formula is C22H29N5O3. The number of hydrogen-bond acceptors (Lipinski definition) is 7. The summed E-state index contributed by atoms with van der Waals surface area (Å²) in [6.45, 7) is 6.90. The van der Waals surface area contributed by atoms with Crippen LogP contribution in [-0.2, 0) is 11.3 Å². The lowest BCUT2D eigenvalue weighted by Gasteiger charge is -2.16. The van der Waals surface area contributed by atoms with Crippen molar-refractivity contribution in [2.24, 2.45) is 0 Å². The lowest BCUT2D eigenvalue weighted by molar-refractivity contribution is 0.138. The molecule has 3 aromatic rings. The second-order valence-electron chi connectivity index (χ2n) is 7.51. The van der Waals surface area contributed by atoms with E-state index in [1.165, 1.54) is 0 Å². The molecule has 0 saturated carbocycles. The van der Waals surface area contributed by atoms with Crippen LogP contribution in [0.25, 0.3) is 11.0 Å². The quantitative estimate of drug-likeness (QED) is 0.539. The third-order valence-corrected chi connectivity index (χ3v) is 5.17. The molecule has 1 unspecified atom stereocenters. The van der Waals surface area contributed by atoms with Crippen molar-refractivity contribution < 1.29 is 14.2 Å². The fourth-order valence-corrected chi connectivity index (χ4v) is 3.62. The SMILES string of the molecule is CCCCNc1nc(C)nc2ccn(Cc3cc(OC4CCOC4)c(OC)cn3)c12. The topological polar surface area (TPSA) is 83.3 Å². The molecule has 8 heteroatoms. The van der Waals surface area contributed by atoms with Gasteiger partial charge in [0.2, 0.25) is 0 Å². The summed E-state index contributed by atoms with van der Waals surface area (Å²) in [6, 6.07) is 3.97. The minimum absolute atomic E-state index is 0.0484. The van der Waals surface area contributed by atoms with Crippen LogP contribution < -0.4 is 14.8 Å². The average molecular weight is 412 g/mol. The number of fused-ring (bicyclic) bond motifs is 1. The van der Waals surface area contributed by atoms with Crippen molar-refractivity contribution >= 4 is 16.9 Å². The van der Waals surface area contributed by atoms with E-state index in [2.05, 4.69) is 31.8 Å². The summed E-state index contributed by atoms with van der Waals surface area (Å²) in [5, 5.41) is 3.47. The van der Waals surface area contributed by atoms with Crippen LogP contribution >= 0.6 is 0 Å². The number of unbranched alkanes of at least 4 members (excludes halogenated alkanes) is 1. The first-order chi connectivity index (χ1) is 14.7. The molecule has 1 aliphatic rings. The molecule has 0 radical (unpaired) electrons. The molecule has 1 atom stereocenters. The van der Waals surface area contributed by atoms with Gasteiger partial charge >= 0.3 is 0 Å². The zero-order valence-corrected chi connectivity index (χ0v) is 17.9. The summed E-state index contributed by atoms with van der Waals surface area (Å²) in [7, 11) is 1.63. The predicted molar refractivity (Wildman–Crippen MR) is 115 cm³/mol. The van der Waals surface area contributed by atoms with Gasteiger partial charge in [0.05, 0.1) is 44.3 Å². The normalized spacial score (nSPS) is 16.2. The van der Waals surface area contributed by atoms with Crippen molar-refractivity contribution in [2.75, 3.05) is 32.2 Å². The summed E-state index contributed by atoms with van der Waals surface area (Å²) in [4.78, 5) is 13.8. The third-order valence-electron chi connectivity index (χ3n) is 5.17. The van der Waals surface area contributed by atoms with Gasteiger partial charge in [-0.15, -0.1) is 0 Å². The van der Waals surface area contributed by atoms with Gasteiger partial charge in [-0.3, -0.25) is 4.98 Å². The highest BCUT2D eigenvalue weighted by atomic mass is 16.6. The molecule has 0 aromatic carbocycles. The van der Waals surface area contributed by atoms with Gasteiger partial charge in [-0.2, -0.15) is 0 Å². The van der Waals surface area contributed by atoms with Gasteiger partial charge in [0.1, 0.15) is 17.4 Å². The molecule has 0 aliphatic carbocycles. The Labute approximate surface area is 176 Å². The third kappa shape index (κ3) is 4.48. The highest BCUT2D eigenvalue weighted by Gasteiger charge is 2.20. The smallest absolute Gasteiger partial charge is 0.179 e. The minimum atomic E-state index is 0.0484. The highest BCUT2D eigenvalue weighted by molar-refractivity contribution is 5.86. The maximum Gasteiger partial charge on any atom is 0.179 e. The molecule has 160 valence electrons. The van der Waals surface area contributed by atoms with E-state index < -0.39 is 0 Å². The minimum Gasteiger partial charge on any atom is -0.491 e. The average Bonchev–Trinajstić information content (AvgIpc) is 3.38. The zero-order valence-electron chi connectivity index (χ0n) is 17.9. The van der Waals surface area contributed by atoms with Crippen molar-refractivity contribution in [2.45, 2.75) is 45.8 Å². The zero-order chi connectivity index (χ0) is 20.9. The maximum absolute atomic E-state index is 6.11. The van der Waals surface area contributed by atoms with E-state index in [0.717, 1.165) is 60.8 Å². The number of rotatable bonds is 9. The van der Waals surface area contributed by atoms with Crippen LogP contribution in [0.15, 0.2) is 24.5 Å². The van der Waals surface area contributed by atoms with E-state index in [1.807, 2.05) is 25.3 Å². The van der Waals surface area contributed by atoms with Crippen LogP contribution in [0.4, 0.5) is 5.82 Å². The molecule has 1 saturated heterocycles. The van der Waals surface area contributed by atoms with E-state index in [1.54, 1.807) is 13.3 Å². The maximum atomic E-state index is 6.11. The van der Waals surface area contributed by atoms with Crippen molar-refractivity contribution in [3.63, 3.8) is 0 Å². The van der Waals surface area contributed by atoms with E-state index in [9.17, 15) is 0 Å². The van der Waals surface area contributed by atoms with Crippen molar-refractivity contribution in [3.8, 4) is 11.5 Å². The first kappa shape index (κ1) is 20.4. The Morgan fingerprint density at radius 2 is 2.20 bits per heavy atom. The number of aromatic nitrogens is 4. The number of anilines is 1. The second-order valence-corrected chi connectivity index (χ2v) is 7.51. The Morgan fingerprint density at radius 3 is 2.97 bits per heavy atom. The Balaban J connectivity index is 1.61. The fourth-order valence-electron chi connectivity index (χ4n) is 3.62. The van der Waals surface area contributed by atoms with E-state index in [0.29, 0.717) is 24.7 Å². The molecule has 1 fully saturated rings. The Morgan fingerprint density at radius 1 is 1.30 bits per heavy atom. The number of pyridine rings is 1. The molecule has 1 N–H and O–H groups in total. The van der Waals surface area contributed by atoms with Crippen LogP contribution in [0.5, 0.6) is 11.5 Å². The highest BCUT2D eigenvalue weighted by Crippen LogP contribution is 2.30. The Hall–Kier alpha value is -2.87. The molecule has 1 aliphatic heterocycles. The van der Waals surface area contributed by atoms with Gasteiger partial charge in [-0.05, 0) is 19.4 Å². The number of ether oxygens (including phenoxy) is 3. The molecule has 30 heavy (non-hydrogen) atoms. The van der Waals surface area contributed by atoms with Crippen LogP contribution in [0, 0.1) is 6.92 Å². The van der Waals surface area contributed by atoms with Gasteiger partial charge < -0.3 is 24.1 Å². The monoisotopic (exact) mass is 411 g/mol. The summed E-state index contributed by atoms with van der Waals surface area (Å²) < 4.78 is 19.1. The molecule has 8 nitrogen and oxygen atoms in total. The van der Waals surface area contributed by atoms with Gasteiger partial charge in [-0.1, -0.05) is 13.3 Å². The molecular weight excluding hydrogens is 382 g/mol. The number of nitrogens with zero attached hydrogens (tertiary/aromatic N) is 4. The molecule has 0 amide bonds. The van der Waals surface area contributed by atoms with Crippen LogP contribution in [0.1, 0.15) is 37.7 Å². The van der Waals surface area contributed by atoms with Gasteiger partial charge in [0.25, 0.3) is 0 Å². The lowest BCUT2D eigenvalue weighted by atomic mass is 10.3. The van der Waals surface area contributed by atoms with Gasteiger partial charge in [-0.25, -0.2) is 9.97 Å². The van der Waals surface area contributed by atoms with E-state index in [-0.39, 0.29) is 6.10 Å². The lowest BCUT2D eigenvalue weighted by Crippen LogP contribution is -2.16. The van der Waals surface area contributed by atoms with Crippen molar-refractivity contribution in [1.82, 2.24) is 19.5 Å². The molecule has 0 spiro atoms. The Kier molecular flexibility index (Phi) is 6.32. The summed E-state index contributed by atoms with van der Waals surface area (Å²) in [6.07, 6.45) is 6.90. The number of nitrogens with one attached hydrogen (secondary N) is 1. The second kappa shape index (κ2) is 9.30. The standard InChI is InChI=1S/C22H29N5O3/c1-4-5-8-23-22-21-18(25-15(2)26-22)6-9-27(21)13-16-11-19(20(28-3)12-24-16)30-17-7-10-29-14-17/h6,9,11-12,17H,4-5,7-8,10,13-14H2,1-3H3,(H,23,25,26). The number of methoxy groups -OCH3 is 1. The first-order valence-corrected chi connectivity index (χ1v) is 10.5. The van der Waals surface area contributed by atoms with Gasteiger partial charge in [0.15, 0.2) is 17.3 Å². The largest absolute Gasteiger partial charge is 0.491 e. The molecule has 4 heterocycles. The molecule has 0 bridgehead atoms. The van der Waals surface area contributed by atoms with E-state index in [4.69, 9.17) is 14.2 Å². The fraction of sp³-hybridized carbons (Fsp3) is 0.500. The summed E-state index contributed by atoms with van der Waals surface area (Å²) in [5.41, 5.74) is 2.79. The van der Waals surface area contributed by atoms with Crippen LogP contribution in [0.2, 0.25) is 0 Å². The number of aryl methyl sites for hydroxylation is 1. The number of hydrogen-bond donors (Lipinski definition) is 1. The van der Waals surface area contributed by atoms with Crippen molar-refractivity contribution in [1.29, 1.82) is 0 Å². The molecule has 3 aromatic heterocycles. The van der Waals surface area contributed by atoms with E-state index >= 15 is 0 Å². The molecule has 4 rings (SSSR count). The van der Waals surface area contributed by atoms with Gasteiger partial charge in [0, 0.05) is 25.2 Å².